The van der Waals surface area contributed by atoms with Crippen LogP contribution in [-0.2, 0) is 4.79 Å². The molecule has 2 aromatic carbocycles. The Bertz CT molecular complexity index is 832. The van der Waals surface area contributed by atoms with Gasteiger partial charge < -0.3 is 20.1 Å². The van der Waals surface area contributed by atoms with Crippen LogP contribution in [0, 0.1) is 0 Å². The molecule has 1 saturated carbocycles. The summed E-state index contributed by atoms with van der Waals surface area (Å²) in [5, 5.41) is 12.3. The second kappa shape index (κ2) is 6.12. The summed E-state index contributed by atoms with van der Waals surface area (Å²) >= 11 is 0. The van der Waals surface area contributed by atoms with E-state index in [4.69, 9.17) is 9.84 Å². The molecule has 1 fully saturated rings. The van der Waals surface area contributed by atoms with Crippen LogP contribution in [0.4, 0.5) is 5.69 Å². The van der Waals surface area contributed by atoms with Crippen molar-refractivity contribution in [2.45, 2.75) is 25.0 Å². The van der Waals surface area contributed by atoms with E-state index in [1.165, 1.54) is 0 Å². The molecule has 2 aliphatic rings. The molecule has 1 amide bonds. The van der Waals surface area contributed by atoms with Crippen molar-refractivity contribution in [2.75, 3.05) is 11.9 Å². The Labute approximate surface area is 145 Å². The molecule has 1 heterocycles. The fourth-order valence-corrected chi connectivity index (χ4v) is 3.20. The van der Waals surface area contributed by atoms with Crippen LogP contribution >= 0.6 is 0 Å². The minimum absolute atomic E-state index is 0.00473. The number of nitrogens with one attached hydrogen (secondary N) is 1. The number of carbonyl (C=O) groups is 2. The highest BCUT2D eigenvalue weighted by atomic mass is 16.5. The summed E-state index contributed by atoms with van der Waals surface area (Å²) in [4.78, 5) is 25.7. The van der Waals surface area contributed by atoms with Gasteiger partial charge in [0.1, 0.15) is 11.9 Å². The first kappa shape index (κ1) is 15.5. The normalized spacial score (nSPS) is 19.1. The standard InChI is InChI=1S/C19H18N2O4/c22-17(23)11-25-16-8-4-2-6-14(16)18-20-15-7-3-1-5-13(15)19(24)21(18)12-9-10-12/h1-8,12,18,20H,9-11H2,(H,22,23). The molecule has 6 nitrogen and oxygen atoms in total. The van der Waals surface area contributed by atoms with E-state index in [0.29, 0.717) is 11.3 Å². The number of carboxylic acids is 1. The van der Waals surface area contributed by atoms with E-state index in [0.717, 1.165) is 24.1 Å². The smallest absolute Gasteiger partial charge is 0.341 e. The Morgan fingerprint density at radius 1 is 1.16 bits per heavy atom. The Hall–Kier alpha value is -3.02. The molecule has 0 aromatic heterocycles. The van der Waals surface area contributed by atoms with Gasteiger partial charge in [-0.1, -0.05) is 30.3 Å². The largest absolute Gasteiger partial charge is 0.481 e. The summed E-state index contributed by atoms with van der Waals surface area (Å²) in [7, 11) is 0. The number of amides is 1. The van der Waals surface area contributed by atoms with Crippen LogP contribution in [0.5, 0.6) is 5.75 Å². The van der Waals surface area contributed by atoms with Gasteiger partial charge in [0.15, 0.2) is 6.61 Å². The number of carboxylic acid groups (broad SMARTS) is 1. The zero-order valence-electron chi connectivity index (χ0n) is 13.5. The third-order valence-corrected chi connectivity index (χ3v) is 4.47. The molecule has 4 rings (SSSR count). The first-order chi connectivity index (χ1) is 12.1. The van der Waals surface area contributed by atoms with E-state index >= 15 is 0 Å². The van der Waals surface area contributed by atoms with Crippen LogP contribution in [0.2, 0.25) is 0 Å². The Morgan fingerprint density at radius 3 is 2.64 bits per heavy atom. The number of aliphatic carboxylic acids is 1. The van der Waals surface area contributed by atoms with Gasteiger partial charge in [-0.2, -0.15) is 0 Å². The van der Waals surface area contributed by atoms with Crippen molar-refractivity contribution in [3.05, 3.63) is 59.7 Å². The lowest BCUT2D eigenvalue weighted by molar-refractivity contribution is -0.139. The molecule has 25 heavy (non-hydrogen) atoms. The van der Waals surface area contributed by atoms with Crippen LogP contribution in [-0.4, -0.2) is 34.5 Å². The molecule has 1 aliphatic heterocycles. The lowest BCUT2D eigenvalue weighted by Crippen LogP contribution is -2.44. The lowest BCUT2D eigenvalue weighted by Gasteiger charge is -2.38. The number of anilines is 1. The quantitative estimate of drug-likeness (QED) is 0.876. The molecule has 2 aromatic rings. The maximum absolute atomic E-state index is 13.0. The van der Waals surface area contributed by atoms with Crippen molar-refractivity contribution in [3.8, 4) is 5.75 Å². The molecule has 0 saturated heterocycles. The van der Waals surface area contributed by atoms with Gasteiger partial charge in [-0.3, -0.25) is 4.79 Å². The maximum Gasteiger partial charge on any atom is 0.341 e. The van der Waals surface area contributed by atoms with Crippen LogP contribution < -0.4 is 10.1 Å². The summed E-state index contributed by atoms with van der Waals surface area (Å²) in [6.07, 6.45) is 1.58. The third-order valence-electron chi connectivity index (χ3n) is 4.47. The minimum Gasteiger partial charge on any atom is -0.481 e. The molecule has 1 unspecified atom stereocenters. The molecular weight excluding hydrogens is 320 g/mol. The summed E-state index contributed by atoms with van der Waals surface area (Å²) in [5.41, 5.74) is 2.20. The Balaban J connectivity index is 1.74. The van der Waals surface area contributed by atoms with Crippen LogP contribution in [0.3, 0.4) is 0 Å². The highest BCUT2D eigenvalue weighted by Gasteiger charge is 2.42. The van der Waals surface area contributed by atoms with Crippen molar-refractivity contribution in [2.24, 2.45) is 0 Å². The number of rotatable bonds is 5. The number of fused-ring (bicyclic) bond motifs is 1. The molecule has 1 aliphatic carbocycles. The second-order valence-electron chi connectivity index (χ2n) is 6.26. The topological polar surface area (TPSA) is 78.9 Å². The van der Waals surface area contributed by atoms with Crippen LogP contribution in [0.15, 0.2) is 48.5 Å². The van der Waals surface area contributed by atoms with Crippen LogP contribution in [0.1, 0.15) is 34.9 Å². The number of nitrogens with zero attached hydrogens (tertiary/aromatic N) is 1. The van der Waals surface area contributed by atoms with E-state index < -0.39 is 12.6 Å². The maximum atomic E-state index is 13.0. The highest BCUT2D eigenvalue weighted by molar-refractivity contribution is 6.02. The average Bonchev–Trinajstić information content (AvgIpc) is 3.45. The number of hydrogen-bond donors (Lipinski definition) is 2. The van der Waals surface area contributed by atoms with Crippen molar-refractivity contribution >= 4 is 17.6 Å². The number of benzene rings is 2. The van der Waals surface area contributed by atoms with Gasteiger partial charge in [0.25, 0.3) is 5.91 Å². The molecule has 1 atom stereocenters. The van der Waals surface area contributed by atoms with Gasteiger partial charge in [-0.05, 0) is 31.0 Å². The van der Waals surface area contributed by atoms with E-state index in [1.54, 1.807) is 12.1 Å². The number of ether oxygens (including phenoxy) is 1. The van der Waals surface area contributed by atoms with Crippen molar-refractivity contribution in [1.82, 2.24) is 4.90 Å². The molecular formula is C19H18N2O4. The molecule has 0 radical (unpaired) electrons. The van der Waals surface area contributed by atoms with Gasteiger partial charge in [-0.25, -0.2) is 4.79 Å². The van der Waals surface area contributed by atoms with E-state index in [9.17, 15) is 9.59 Å². The second-order valence-corrected chi connectivity index (χ2v) is 6.26. The van der Waals surface area contributed by atoms with Gasteiger partial charge in [0, 0.05) is 17.3 Å². The van der Waals surface area contributed by atoms with Crippen molar-refractivity contribution in [1.29, 1.82) is 0 Å². The Morgan fingerprint density at radius 2 is 1.88 bits per heavy atom. The molecule has 6 heteroatoms. The first-order valence-electron chi connectivity index (χ1n) is 8.27. The summed E-state index contributed by atoms with van der Waals surface area (Å²) in [5.74, 6) is -0.568. The minimum atomic E-state index is -1.04. The SMILES string of the molecule is O=C(O)COc1ccccc1C1Nc2ccccc2C(=O)N1C1CC1. The summed E-state index contributed by atoms with van der Waals surface area (Å²) in [6.45, 7) is -0.419. The zero-order chi connectivity index (χ0) is 17.4. The fraction of sp³-hybridized carbons (Fsp3) is 0.263. The van der Waals surface area contributed by atoms with Gasteiger partial charge in [0.05, 0.1) is 5.56 Å². The first-order valence-corrected chi connectivity index (χ1v) is 8.27. The summed E-state index contributed by atoms with van der Waals surface area (Å²) in [6, 6.07) is 14.9. The average molecular weight is 338 g/mol. The third kappa shape index (κ3) is 2.91. The summed E-state index contributed by atoms with van der Waals surface area (Å²) < 4.78 is 5.45. The molecule has 0 bridgehead atoms. The fourth-order valence-electron chi connectivity index (χ4n) is 3.20. The highest BCUT2D eigenvalue weighted by Crippen LogP contribution is 2.42. The van der Waals surface area contributed by atoms with Gasteiger partial charge in [0.2, 0.25) is 0 Å². The Kier molecular flexibility index (Phi) is 3.80. The number of para-hydroxylation sites is 2. The zero-order valence-corrected chi connectivity index (χ0v) is 13.5. The van der Waals surface area contributed by atoms with Crippen LogP contribution in [0.25, 0.3) is 0 Å². The number of hydrogen-bond acceptors (Lipinski definition) is 4. The van der Waals surface area contributed by atoms with E-state index in [-0.39, 0.29) is 18.1 Å². The van der Waals surface area contributed by atoms with E-state index in [2.05, 4.69) is 5.32 Å². The molecule has 2 N–H and O–H groups in total. The lowest BCUT2D eigenvalue weighted by atomic mass is 10.0. The molecule has 128 valence electrons. The molecule has 0 spiro atoms. The predicted molar refractivity (Wildman–Crippen MR) is 91.6 cm³/mol. The van der Waals surface area contributed by atoms with Crippen molar-refractivity contribution in [3.63, 3.8) is 0 Å². The predicted octanol–water partition coefficient (Wildman–Crippen LogP) is 2.88. The van der Waals surface area contributed by atoms with Gasteiger partial charge in [-0.15, -0.1) is 0 Å². The van der Waals surface area contributed by atoms with Gasteiger partial charge >= 0.3 is 5.97 Å². The number of carbonyl (C=O) groups excluding carboxylic acids is 1. The van der Waals surface area contributed by atoms with E-state index in [1.807, 2.05) is 41.3 Å². The monoisotopic (exact) mass is 338 g/mol. The van der Waals surface area contributed by atoms with Crippen molar-refractivity contribution < 1.29 is 19.4 Å².